The van der Waals surface area contributed by atoms with E-state index in [0.29, 0.717) is 0 Å². The minimum Gasteiger partial charge on any atom is -0.394 e. The molecule has 0 aromatic carbocycles. The van der Waals surface area contributed by atoms with E-state index in [9.17, 15) is 20.1 Å². The smallest absolute Gasteiger partial charge is 0.240 e. The summed E-state index contributed by atoms with van der Waals surface area (Å²) in [5.41, 5.74) is 1.92. The minimum atomic E-state index is -1.55. The molecule has 0 aromatic heterocycles. The Morgan fingerprint density at radius 3 is 2.50 bits per heavy atom. The van der Waals surface area contributed by atoms with E-state index in [0.717, 1.165) is 0 Å². The van der Waals surface area contributed by atoms with Crippen LogP contribution in [0.25, 0.3) is 0 Å². The van der Waals surface area contributed by atoms with Gasteiger partial charge in [-0.05, 0) is 0 Å². The van der Waals surface area contributed by atoms with Crippen molar-refractivity contribution in [2.24, 2.45) is 0 Å². The van der Waals surface area contributed by atoms with Crippen LogP contribution in [0.5, 0.6) is 0 Å². The van der Waals surface area contributed by atoms with Crippen molar-refractivity contribution >= 4 is 5.91 Å². The Balaban J connectivity index is 2.60. The summed E-state index contributed by atoms with van der Waals surface area (Å²) in [4.78, 5) is 15.2. The summed E-state index contributed by atoms with van der Waals surface area (Å²) < 4.78 is 4.78. The molecule has 16 heavy (non-hydrogen) atoms. The first-order valence-electron chi connectivity index (χ1n) is 4.70. The lowest BCUT2D eigenvalue weighted by Crippen LogP contribution is -2.60. The Bertz CT molecular complexity index is 249. The molecule has 0 radical (unpaired) electrons. The number of rotatable bonds is 3. The van der Waals surface area contributed by atoms with Crippen molar-refractivity contribution in [2.75, 3.05) is 6.61 Å². The highest BCUT2D eigenvalue weighted by Gasteiger charge is 2.44. The number of carbonyl (C=O) groups is 1. The van der Waals surface area contributed by atoms with Gasteiger partial charge in [-0.1, -0.05) is 0 Å². The molecule has 1 aliphatic heterocycles. The monoisotopic (exact) mass is 237 g/mol. The second-order valence-electron chi connectivity index (χ2n) is 3.47. The molecule has 1 fully saturated rings. The van der Waals surface area contributed by atoms with Gasteiger partial charge in [0.15, 0.2) is 12.4 Å². The normalized spacial score (nSPS) is 39.4. The van der Waals surface area contributed by atoms with E-state index < -0.39 is 43.2 Å². The maximum Gasteiger partial charge on any atom is 0.240 e. The lowest BCUT2D eigenvalue weighted by atomic mass is 9.99. The number of hydrogen-bond donors (Lipinski definition) is 5. The predicted molar refractivity (Wildman–Crippen MR) is 48.7 cm³/mol. The van der Waals surface area contributed by atoms with Crippen LogP contribution in [0, 0.1) is 0 Å². The SMILES string of the molecule is CC(=O)NO[C@H]1C(O)O[C@H](CO)[C@H](O)[C@@H]1O. The van der Waals surface area contributed by atoms with Crippen LogP contribution in [-0.2, 0) is 14.4 Å². The zero-order chi connectivity index (χ0) is 12.3. The number of aliphatic hydroxyl groups excluding tert-OH is 4. The molecule has 1 saturated heterocycles. The third-order valence-corrected chi connectivity index (χ3v) is 2.18. The molecule has 0 aliphatic carbocycles. The van der Waals surface area contributed by atoms with E-state index >= 15 is 0 Å². The lowest BCUT2D eigenvalue weighted by molar-refractivity contribution is -0.304. The second-order valence-corrected chi connectivity index (χ2v) is 3.47. The summed E-state index contributed by atoms with van der Waals surface area (Å²) in [6.45, 7) is 0.623. The van der Waals surface area contributed by atoms with Crippen molar-refractivity contribution in [1.29, 1.82) is 0 Å². The quantitative estimate of drug-likeness (QED) is 0.328. The molecular formula is C8H15NO7. The average molecular weight is 237 g/mol. The molecule has 5 N–H and O–H groups in total. The second kappa shape index (κ2) is 5.53. The summed E-state index contributed by atoms with van der Waals surface area (Å²) in [6, 6.07) is 0. The van der Waals surface area contributed by atoms with Crippen LogP contribution >= 0.6 is 0 Å². The molecule has 8 heteroatoms. The molecule has 0 aromatic rings. The van der Waals surface area contributed by atoms with Crippen molar-refractivity contribution in [3.63, 3.8) is 0 Å². The molecule has 1 unspecified atom stereocenters. The van der Waals surface area contributed by atoms with Crippen LogP contribution in [0.3, 0.4) is 0 Å². The summed E-state index contributed by atoms with van der Waals surface area (Å²) in [5.74, 6) is -0.529. The number of aliphatic hydroxyl groups is 4. The third-order valence-electron chi connectivity index (χ3n) is 2.18. The number of hydroxylamine groups is 1. The van der Waals surface area contributed by atoms with Gasteiger partial charge >= 0.3 is 0 Å². The van der Waals surface area contributed by atoms with E-state index in [4.69, 9.17) is 9.84 Å². The number of hydrogen-bond acceptors (Lipinski definition) is 7. The van der Waals surface area contributed by atoms with E-state index in [1.54, 1.807) is 0 Å². The van der Waals surface area contributed by atoms with Gasteiger partial charge in [-0.3, -0.25) is 9.63 Å². The Hall–Kier alpha value is -0.770. The standard InChI is InChI=1S/C8H15NO7/c1-3(11)9-16-7-6(13)5(12)4(2-10)15-8(7)14/h4-8,10,12-14H,2H2,1H3,(H,9,11)/t4-,5+,6+,7-,8?/m1/s1. The molecule has 0 spiro atoms. The van der Waals surface area contributed by atoms with E-state index in [1.807, 2.05) is 5.48 Å². The van der Waals surface area contributed by atoms with Gasteiger partial charge < -0.3 is 25.2 Å². The highest BCUT2D eigenvalue weighted by Crippen LogP contribution is 2.21. The van der Waals surface area contributed by atoms with Crippen LogP contribution in [-0.4, -0.2) is 63.6 Å². The van der Waals surface area contributed by atoms with Gasteiger partial charge in [-0.25, -0.2) is 5.48 Å². The summed E-state index contributed by atoms with van der Waals surface area (Å²) in [6.07, 6.45) is -6.86. The first-order chi connectivity index (χ1) is 7.47. The zero-order valence-corrected chi connectivity index (χ0v) is 8.61. The van der Waals surface area contributed by atoms with Gasteiger partial charge in [-0.2, -0.15) is 0 Å². The Labute approximate surface area is 91.4 Å². The van der Waals surface area contributed by atoms with Gasteiger partial charge in [0.1, 0.15) is 18.3 Å². The molecule has 8 nitrogen and oxygen atoms in total. The highest BCUT2D eigenvalue weighted by atomic mass is 16.7. The van der Waals surface area contributed by atoms with Crippen molar-refractivity contribution in [2.45, 2.75) is 37.6 Å². The number of ether oxygens (including phenoxy) is 1. The molecule has 0 bridgehead atoms. The minimum absolute atomic E-state index is 0.529. The summed E-state index contributed by atoms with van der Waals surface area (Å²) in [5, 5.41) is 37.2. The van der Waals surface area contributed by atoms with Crippen LogP contribution < -0.4 is 5.48 Å². The van der Waals surface area contributed by atoms with Crippen LogP contribution in [0.15, 0.2) is 0 Å². The predicted octanol–water partition coefficient (Wildman–Crippen LogP) is -3.15. The number of amides is 1. The summed E-state index contributed by atoms with van der Waals surface area (Å²) >= 11 is 0. The third kappa shape index (κ3) is 2.88. The fourth-order valence-corrected chi connectivity index (χ4v) is 1.35. The van der Waals surface area contributed by atoms with Gasteiger partial charge in [0.25, 0.3) is 0 Å². The van der Waals surface area contributed by atoms with Crippen molar-refractivity contribution in [3.8, 4) is 0 Å². The number of nitrogens with one attached hydrogen (secondary N) is 1. The fraction of sp³-hybridized carbons (Fsp3) is 0.875. The largest absolute Gasteiger partial charge is 0.394 e. The molecule has 1 rings (SSSR count). The topological polar surface area (TPSA) is 128 Å². The lowest BCUT2D eigenvalue weighted by Gasteiger charge is -2.39. The van der Waals surface area contributed by atoms with Crippen molar-refractivity contribution < 1.29 is 34.8 Å². The average Bonchev–Trinajstić information content (AvgIpc) is 2.22. The molecule has 1 aliphatic rings. The molecule has 1 amide bonds. The number of carbonyl (C=O) groups excluding carboxylic acids is 1. The van der Waals surface area contributed by atoms with Crippen molar-refractivity contribution in [3.05, 3.63) is 0 Å². The van der Waals surface area contributed by atoms with Gasteiger partial charge in [0.05, 0.1) is 6.61 Å². The van der Waals surface area contributed by atoms with Gasteiger partial charge in [-0.15, -0.1) is 0 Å². The molecule has 0 saturated carbocycles. The van der Waals surface area contributed by atoms with E-state index in [1.165, 1.54) is 6.92 Å². The van der Waals surface area contributed by atoms with E-state index in [-0.39, 0.29) is 0 Å². The molecule has 1 heterocycles. The van der Waals surface area contributed by atoms with Gasteiger partial charge in [0, 0.05) is 6.92 Å². The molecule has 94 valence electrons. The Kier molecular flexibility index (Phi) is 4.59. The Morgan fingerprint density at radius 2 is 2.00 bits per heavy atom. The zero-order valence-electron chi connectivity index (χ0n) is 8.61. The highest BCUT2D eigenvalue weighted by molar-refractivity contribution is 5.71. The first-order valence-corrected chi connectivity index (χ1v) is 4.70. The van der Waals surface area contributed by atoms with Crippen LogP contribution in [0.1, 0.15) is 6.92 Å². The first kappa shape index (κ1) is 13.3. The van der Waals surface area contributed by atoms with Crippen molar-refractivity contribution in [1.82, 2.24) is 5.48 Å². The molecule has 5 atom stereocenters. The summed E-state index contributed by atoms with van der Waals surface area (Å²) in [7, 11) is 0. The Morgan fingerprint density at radius 1 is 1.38 bits per heavy atom. The fourth-order valence-electron chi connectivity index (χ4n) is 1.35. The van der Waals surface area contributed by atoms with Gasteiger partial charge in [0.2, 0.25) is 5.91 Å². The van der Waals surface area contributed by atoms with Crippen LogP contribution in [0.2, 0.25) is 0 Å². The maximum atomic E-state index is 10.6. The van der Waals surface area contributed by atoms with Crippen LogP contribution in [0.4, 0.5) is 0 Å². The molecular weight excluding hydrogens is 222 g/mol. The van der Waals surface area contributed by atoms with E-state index in [2.05, 4.69) is 4.84 Å². The maximum absolute atomic E-state index is 10.6.